The molecule has 1 saturated heterocycles. The van der Waals surface area contributed by atoms with Gasteiger partial charge in [0.25, 0.3) is 0 Å². The zero-order chi connectivity index (χ0) is 15.6. The average Bonchev–Trinajstić information content (AvgIpc) is 2.68. The molecule has 2 amide bonds. The van der Waals surface area contributed by atoms with Crippen LogP contribution in [-0.4, -0.2) is 48.8 Å². The minimum absolute atomic E-state index is 0.190. The minimum Gasteiger partial charge on any atom is -0.373 e. The molecule has 0 unspecified atom stereocenters. The maximum Gasteiger partial charge on any atom is 0.330 e. The van der Waals surface area contributed by atoms with Crippen LogP contribution in [0.2, 0.25) is 0 Å². The second kappa shape index (κ2) is 6.13. The quantitative estimate of drug-likeness (QED) is 0.326. The van der Waals surface area contributed by atoms with Crippen LogP contribution in [0.1, 0.15) is 12.8 Å². The first-order valence-corrected chi connectivity index (χ1v) is 6.58. The zero-order valence-corrected chi connectivity index (χ0v) is 11.1. The summed E-state index contributed by atoms with van der Waals surface area (Å²) >= 11 is 0. The first-order valence-electron chi connectivity index (χ1n) is 6.58. The van der Waals surface area contributed by atoms with Crippen LogP contribution in [-0.2, 0) is 14.3 Å². The summed E-state index contributed by atoms with van der Waals surface area (Å²) in [4.78, 5) is 25.0. The number of alkyl halides is 4. The SMILES string of the molecule is O=C1[C@H]2CC=CC[C@@H]2C(=O)N1CCOCC(F)(F)C(F)F. The van der Waals surface area contributed by atoms with Gasteiger partial charge in [-0.2, -0.15) is 8.78 Å². The van der Waals surface area contributed by atoms with Crippen LogP contribution < -0.4 is 0 Å². The summed E-state index contributed by atoms with van der Waals surface area (Å²) in [5.74, 6) is -5.72. The molecule has 0 bridgehead atoms. The van der Waals surface area contributed by atoms with Crippen LogP contribution in [0.25, 0.3) is 0 Å². The van der Waals surface area contributed by atoms with Crippen molar-refractivity contribution >= 4 is 11.8 Å². The summed E-state index contributed by atoms with van der Waals surface area (Å²) in [5.41, 5.74) is 0. The van der Waals surface area contributed by atoms with Gasteiger partial charge < -0.3 is 4.74 Å². The number of carbonyl (C=O) groups excluding carboxylic acids is 2. The lowest BCUT2D eigenvalue weighted by atomic mass is 9.85. The van der Waals surface area contributed by atoms with E-state index < -0.39 is 30.8 Å². The average molecular weight is 309 g/mol. The number of hydrogen-bond donors (Lipinski definition) is 0. The van der Waals surface area contributed by atoms with Crippen LogP contribution in [0.15, 0.2) is 12.2 Å². The van der Waals surface area contributed by atoms with Gasteiger partial charge in [0.1, 0.15) is 6.61 Å². The van der Waals surface area contributed by atoms with E-state index in [0.29, 0.717) is 12.8 Å². The van der Waals surface area contributed by atoms with Gasteiger partial charge in [-0.3, -0.25) is 14.5 Å². The number of carbonyl (C=O) groups is 2. The van der Waals surface area contributed by atoms with Crippen LogP contribution >= 0.6 is 0 Å². The minimum atomic E-state index is -4.23. The van der Waals surface area contributed by atoms with E-state index in [9.17, 15) is 27.2 Å². The maximum atomic E-state index is 12.6. The first kappa shape index (κ1) is 15.9. The Balaban J connectivity index is 1.82. The number of likely N-dealkylation sites (tertiary alicyclic amines) is 1. The Labute approximate surface area is 118 Å². The molecule has 118 valence electrons. The molecule has 2 atom stereocenters. The Morgan fingerprint density at radius 1 is 1.19 bits per heavy atom. The Hall–Kier alpha value is -1.44. The number of hydrogen-bond acceptors (Lipinski definition) is 3. The number of nitrogens with zero attached hydrogens (tertiary/aromatic N) is 1. The summed E-state index contributed by atoms with van der Waals surface area (Å²) in [6.07, 6.45) is 0.818. The number of amides is 2. The molecule has 2 rings (SSSR count). The number of halogens is 4. The van der Waals surface area contributed by atoms with Gasteiger partial charge in [0.05, 0.1) is 25.0 Å². The number of rotatable bonds is 6. The second-order valence-corrected chi connectivity index (χ2v) is 5.10. The normalized spacial score (nSPS) is 25.9. The van der Waals surface area contributed by atoms with Crippen LogP contribution in [0.3, 0.4) is 0 Å². The number of imide groups is 1. The molecule has 0 aromatic rings. The zero-order valence-electron chi connectivity index (χ0n) is 11.1. The van der Waals surface area contributed by atoms with Crippen LogP contribution in [0, 0.1) is 11.8 Å². The maximum absolute atomic E-state index is 12.6. The topological polar surface area (TPSA) is 46.6 Å². The second-order valence-electron chi connectivity index (χ2n) is 5.10. The number of fused-ring (bicyclic) bond motifs is 1. The lowest BCUT2D eigenvalue weighted by Gasteiger charge is -2.17. The van der Waals surface area contributed by atoms with Gasteiger partial charge in [-0.25, -0.2) is 8.78 Å². The van der Waals surface area contributed by atoms with Crippen molar-refractivity contribution in [1.82, 2.24) is 4.90 Å². The molecule has 1 heterocycles. The van der Waals surface area contributed by atoms with Gasteiger partial charge in [-0.05, 0) is 12.8 Å². The standard InChI is InChI=1S/C13H15F4NO3/c14-12(15)13(16,17)7-21-6-5-18-10(19)8-3-1-2-4-9(8)11(18)20/h1-2,8-9,12H,3-7H2/t8-,9-/m0/s1. The predicted molar refractivity (Wildman–Crippen MR) is 63.8 cm³/mol. The highest BCUT2D eigenvalue weighted by molar-refractivity contribution is 6.05. The molecule has 0 radical (unpaired) electrons. The Morgan fingerprint density at radius 2 is 1.71 bits per heavy atom. The molecule has 0 saturated carbocycles. The van der Waals surface area contributed by atoms with Crippen molar-refractivity contribution < 1.29 is 31.9 Å². The Kier molecular flexibility index (Phi) is 4.65. The van der Waals surface area contributed by atoms with Gasteiger partial charge in [0.15, 0.2) is 0 Å². The first-order chi connectivity index (χ1) is 9.84. The van der Waals surface area contributed by atoms with E-state index in [0.717, 1.165) is 4.90 Å². The Morgan fingerprint density at radius 3 is 2.19 bits per heavy atom. The van der Waals surface area contributed by atoms with Gasteiger partial charge in [0, 0.05) is 0 Å². The summed E-state index contributed by atoms with van der Waals surface area (Å²) < 4.78 is 53.5. The molecule has 0 aromatic carbocycles. The van der Waals surface area contributed by atoms with E-state index in [1.54, 1.807) is 0 Å². The van der Waals surface area contributed by atoms with E-state index in [2.05, 4.69) is 4.74 Å². The lowest BCUT2D eigenvalue weighted by Crippen LogP contribution is -2.37. The van der Waals surface area contributed by atoms with Crippen molar-refractivity contribution in [1.29, 1.82) is 0 Å². The third kappa shape index (κ3) is 3.25. The molecule has 8 heteroatoms. The van der Waals surface area contributed by atoms with Crippen molar-refractivity contribution in [2.45, 2.75) is 25.2 Å². The fourth-order valence-corrected chi connectivity index (χ4v) is 2.52. The van der Waals surface area contributed by atoms with E-state index in [-0.39, 0.29) is 25.0 Å². The monoisotopic (exact) mass is 309 g/mol. The molecule has 21 heavy (non-hydrogen) atoms. The van der Waals surface area contributed by atoms with Crippen molar-refractivity contribution in [2.24, 2.45) is 11.8 Å². The third-order valence-corrected chi connectivity index (χ3v) is 3.67. The third-order valence-electron chi connectivity index (χ3n) is 3.67. The van der Waals surface area contributed by atoms with Crippen LogP contribution in [0.5, 0.6) is 0 Å². The molecule has 2 aliphatic rings. The molecular formula is C13H15F4NO3. The summed E-state index contributed by atoms with van der Waals surface area (Å²) in [5, 5.41) is 0. The summed E-state index contributed by atoms with van der Waals surface area (Å²) in [6, 6.07) is 0. The molecule has 0 aromatic heterocycles. The van der Waals surface area contributed by atoms with Crippen molar-refractivity contribution in [2.75, 3.05) is 19.8 Å². The van der Waals surface area contributed by atoms with Crippen molar-refractivity contribution in [3.05, 3.63) is 12.2 Å². The smallest absolute Gasteiger partial charge is 0.330 e. The molecule has 1 aliphatic heterocycles. The largest absolute Gasteiger partial charge is 0.373 e. The van der Waals surface area contributed by atoms with Crippen molar-refractivity contribution in [3.8, 4) is 0 Å². The lowest BCUT2D eigenvalue weighted by molar-refractivity contribution is -0.167. The highest BCUT2D eigenvalue weighted by atomic mass is 19.3. The van der Waals surface area contributed by atoms with Gasteiger partial charge in [0.2, 0.25) is 11.8 Å². The van der Waals surface area contributed by atoms with E-state index in [1.807, 2.05) is 12.2 Å². The molecular weight excluding hydrogens is 294 g/mol. The molecule has 0 spiro atoms. The van der Waals surface area contributed by atoms with E-state index >= 15 is 0 Å². The van der Waals surface area contributed by atoms with Crippen LogP contribution in [0.4, 0.5) is 17.6 Å². The van der Waals surface area contributed by atoms with Crippen molar-refractivity contribution in [3.63, 3.8) is 0 Å². The van der Waals surface area contributed by atoms with E-state index in [1.165, 1.54) is 0 Å². The van der Waals surface area contributed by atoms with Gasteiger partial charge >= 0.3 is 12.3 Å². The fraction of sp³-hybridized carbons (Fsp3) is 0.692. The summed E-state index contributed by atoms with van der Waals surface area (Å²) in [7, 11) is 0. The molecule has 1 fully saturated rings. The van der Waals surface area contributed by atoms with Gasteiger partial charge in [-0.1, -0.05) is 12.2 Å². The molecule has 0 N–H and O–H groups in total. The fourth-order valence-electron chi connectivity index (χ4n) is 2.52. The highest BCUT2D eigenvalue weighted by Crippen LogP contribution is 2.34. The highest BCUT2D eigenvalue weighted by Gasteiger charge is 2.47. The molecule has 1 aliphatic carbocycles. The summed E-state index contributed by atoms with van der Waals surface area (Å²) in [6.45, 7) is -2.01. The molecule has 4 nitrogen and oxygen atoms in total. The van der Waals surface area contributed by atoms with E-state index in [4.69, 9.17) is 0 Å². The Bertz CT molecular complexity index is 427. The van der Waals surface area contributed by atoms with Gasteiger partial charge in [-0.15, -0.1) is 0 Å². The predicted octanol–water partition coefficient (Wildman–Crippen LogP) is 1.85. The number of ether oxygens (including phenoxy) is 1. The number of allylic oxidation sites excluding steroid dienone is 2.